The van der Waals surface area contributed by atoms with Gasteiger partial charge in [0.15, 0.2) is 0 Å². The normalized spacial score (nSPS) is 15.3. The molecule has 2 aliphatic carbocycles. The Balaban J connectivity index is 1.41. The average Bonchev–Trinajstić information content (AvgIpc) is 3.54. The van der Waals surface area contributed by atoms with Crippen molar-refractivity contribution in [2.75, 3.05) is 0 Å². The fourth-order valence-electron chi connectivity index (χ4n) is 8.56. The maximum atomic E-state index is 14.2. The zero-order valence-corrected chi connectivity index (χ0v) is 25.3. The summed E-state index contributed by atoms with van der Waals surface area (Å²) in [5, 5.41) is 0. The van der Waals surface area contributed by atoms with Crippen molar-refractivity contribution >= 4 is 5.97 Å². The molecule has 0 heterocycles. The standard InChI is InChI=1S/C43H34O2/c1-30(42(28-31-16-4-2-5-17-31)37-24-12-8-20-33(37)34-21-9-13-25-38(34)42)43(29-41(44)45-32-18-6-3-7-19-32)39-26-14-10-22-35(39)36-23-11-15-27-40(36)43/h2-27,30H,28-29H2,1H3. The Kier molecular flexibility index (Phi) is 6.53. The number of carbonyl (C=O) groups is 1. The molecule has 2 aliphatic rings. The summed E-state index contributed by atoms with van der Waals surface area (Å²) in [4.78, 5) is 14.2. The van der Waals surface area contributed by atoms with Crippen LogP contribution in [0.5, 0.6) is 5.75 Å². The molecule has 0 N–H and O–H groups in total. The molecule has 1 unspecified atom stereocenters. The Morgan fingerprint density at radius 2 is 0.889 bits per heavy atom. The Hall–Kier alpha value is -5.21. The smallest absolute Gasteiger partial charge is 0.312 e. The number of fused-ring (bicyclic) bond motifs is 6. The average molecular weight is 583 g/mol. The highest BCUT2D eigenvalue weighted by Gasteiger charge is 2.58. The van der Waals surface area contributed by atoms with E-state index in [4.69, 9.17) is 4.74 Å². The largest absolute Gasteiger partial charge is 0.426 e. The number of para-hydroxylation sites is 1. The lowest BCUT2D eigenvalue weighted by Crippen LogP contribution is -2.49. The molecule has 45 heavy (non-hydrogen) atoms. The van der Waals surface area contributed by atoms with E-state index in [-0.39, 0.29) is 18.3 Å². The van der Waals surface area contributed by atoms with Crippen LogP contribution in [0.25, 0.3) is 22.3 Å². The van der Waals surface area contributed by atoms with Crippen molar-refractivity contribution in [2.24, 2.45) is 5.92 Å². The van der Waals surface area contributed by atoms with Crippen molar-refractivity contribution in [3.8, 4) is 28.0 Å². The molecule has 0 fully saturated rings. The van der Waals surface area contributed by atoms with Crippen molar-refractivity contribution in [3.05, 3.63) is 186 Å². The lowest BCUT2D eigenvalue weighted by molar-refractivity contribution is -0.136. The molecule has 1 atom stereocenters. The van der Waals surface area contributed by atoms with Crippen molar-refractivity contribution in [3.63, 3.8) is 0 Å². The van der Waals surface area contributed by atoms with Crippen molar-refractivity contribution < 1.29 is 9.53 Å². The molecule has 0 saturated carbocycles. The van der Waals surface area contributed by atoms with E-state index in [9.17, 15) is 4.79 Å². The van der Waals surface area contributed by atoms with E-state index in [1.54, 1.807) is 0 Å². The van der Waals surface area contributed by atoms with Gasteiger partial charge < -0.3 is 4.74 Å². The number of esters is 1. The summed E-state index contributed by atoms with van der Waals surface area (Å²) in [7, 11) is 0. The van der Waals surface area contributed by atoms with Crippen LogP contribution in [0.4, 0.5) is 0 Å². The summed E-state index contributed by atoms with van der Waals surface area (Å²) in [5.74, 6) is 0.303. The number of carbonyl (C=O) groups excluding carboxylic acids is 1. The van der Waals surface area contributed by atoms with Crippen LogP contribution >= 0.6 is 0 Å². The number of hydrogen-bond acceptors (Lipinski definition) is 2. The van der Waals surface area contributed by atoms with E-state index < -0.39 is 10.8 Å². The second kappa shape index (κ2) is 10.7. The quantitative estimate of drug-likeness (QED) is 0.138. The second-order valence-corrected chi connectivity index (χ2v) is 12.5. The van der Waals surface area contributed by atoms with Gasteiger partial charge in [-0.2, -0.15) is 0 Å². The molecular formula is C43H34O2. The highest BCUT2D eigenvalue weighted by Crippen LogP contribution is 2.64. The molecule has 218 valence electrons. The van der Waals surface area contributed by atoms with E-state index in [1.807, 2.05) is 30.3 Å². The molecule has 0 spiro atoms. The van der Waals surface area contributed by atoms with Crippen LogP contribution in [0.15, 0.2) is 158 Å². The van der Waals surface area contributed by atoms with Gasteiger partial charge in [-0.15, -0.1) is 0 Å². The molecule has 0 aliphatic heterocycles. The first-order chi connectivity index (χ1) is 22.1. The Bertz CT molecular complexity index is 1930. The molecule has 0 amide bonds. The molecule has 6 aromatic rings. The molecule has 0 saturated heterocycles. The van der Waals surface area contributed by atoms with E-state index in [0.717, 1.165) is 6.42 Å². The molecule has 8 rings (SSSR count). The van der Waals surface area contributed by atoms with Gasteiger partial charge in [0, 0.05) is 10.8 Å². The van der Waals surface area contributed by atoms with Crippen molar-refractivity contribution in [2.45, 2.75) is 30.6 Å². The Morgan fingerprint density at radius 3 is 1.36 bits per heavy atom. The summed E-state index contributed by atoms with van der Waals surface area (Å²) in [6.45, 7) is 2.39. The van der Waals surface area contributed by atoms with Crippen LogP contribution in [0, 0.1) is 5.92 Å². The molecule has 2 heteroatoms. The fraction of sp³-hybridized carbons (Fsp3) is 0.140. The van der Waals surface area contributed by atoms with E-state index >= 15 is 0 Å². The lowest BCUT2D eigenvalue weighted by atomic mass is 9.53. The van der Waals surface area contributed by atoms with Gasteiger partial charge >= 0.3 is 5.97 Å². The van der Waals surface area contributed by atoms with Crippen LogP contribution in [-0.4, -0.2) is 5.97 Å². The third kappa shape index (κ3) is 4.13. The summed E-state index contributed by atoms with van der Waals surface area (Å²) in [5.41, 5.74) is 10.2. The minimum absolute atomic E-state index is 0.0388. The third-order valence-corrected chi connectivity index (χ3v) is 10.4. The van der Waals surface area contributed by atoms with Gasteiger partial charge in [0.05, 0.1) is 6.42 Å². The number of hydrogen-bond donors (Lipinski definition) is 0. The first-order valence-corrected chi connectivity index (χ1v) is 15.8. The first kappa shape index (κ1) is 27.3. The molecule has 2 nitrogen and oxygen atoms in total. The SMILES string of the molecule is CC(C1(CC(=O)Oc2ccccc2)c2ccccc2-c2ccccc21)C1(Cc2ccccc2)c2ccccc2-c2ccccc21. The molecular weight excluding hydrogens is 548 g/mol. The van der Waals surface area contributed by atoms with Gasteiger partial charge in [-0.25, -0.2) is 0 Å². The predicted molar refractivity (Wildman–Crippen MR) is 181 cm³/mol. The lowest BCUT2D eigenvalue weighted by Gasteiger charge is -2.48. The van der Waals surface area contributed by atoms with Crippen LogP contribution in [0.1, 0.15) is 41.2 Å². The van der Waals surface area contributed by atoms with Gasteiger partial charge in [-0.05, 0) is 74.5 Å². The van der Waals surface area contributed by atoms with Crippen LogP contribution in [0.2, 0.25) is 0 Å². The predicted octanol–water partition coefficient (Wildman–Crippen LogP) is 9.79. The third-order valence-electron chi connectivity index (χ3n) is 10.4. The maximum absolute atomic E-state index is 14.2. The van der Waals surface area contributed by atoms with Gasteiger partial charge in [-0.3, -0.25) is 4.79 Å². The van der Waals surface area contributed by atoms with Crippen LogP contribution in [-0.2, 0) is 22.0 Å². The zero-order valence-electron chi connectivity index (χ0n) is 25.3. The second-order valence-electron chi connectivity index (χ2n) is 12.5. The van der Waals surface area contributed by atoms with E-state index in [1.165, 1.54) is 50.1 Å². The van der Waals surface area contributed by atoms with Crippen LogP contribution < -0.4 is 4.74 Å². The number of ether oxygens (including phenoxy) is 1. The Labute approximate surface area is 265 Å². The minimum Gasteiger partial charge on any atom is -0.426 e. The van der Waals surface area contributed by atoms with Crippen molar-refractivity contribution in [1.29, 1.82) is 0 Å². The highest BCUT2D eigenvalue weighted by molar-refractivity contribution is 5.87. The van der Waals surface area contributed by atoms with E-state index in [2.05, 4.69) is 134 Å². The van der Waals surface area contributed by atoms with E-state index in [0.29, 0.717) is 5.75 Å². The molecule has 0 bridgehead atoms. The van der Waals surface area contributed by atoms with Gasteiger partial charge in [0.25, 0.3) is 0 Å². The maximum Gasteiger partial charge on any atom is 0.312 e. The first-order valence-electron chi connectivity index (χ1n) is 15.8. The summed E-state index contributed by atoms with van der Waals surface area (Å²) in [6, 6.07) is 55.4. The van der Waals surface area contributed by atoms with Gasteiger partial charge in [-0.1, -0.05) is 153 Å². The molecule has 0 aromatic heterocycles. The topological polar surface area (TPSA) is 26.3 Å². The van der Waals surface area contributed by atoms with Crippen molar-refractivity contribution in [1.82, 2.24) is 0 Å². The molecule has 6 aromatic carbocycles. The summed E-state index contributed by atoms with van der Waals surface area (Å²) >= 11 is 0. The van der Waals surface area contributed by atoms with Crippen LogP contribution in [0.3, 0.4) is 0 Å². The summed E-state index contributed by atoms with van der Waals surface area (Å²) < 4.78 is 6.10. The Morgan fingerprint density at radius 1 is 0.511 bits per heavy atom. The number of rotatable bonds is 7. The fourth-order valence-corrected chi connectivity index (χ4v) is 8.56. The number of benzene rings is 6. The zero-order chi connectivity index (χ0) is 30.4. The highest BCUT2D eigenvalue weighted by atomic mass is 16.5. The monoisotopic (exact) mass is 582 g/mol. The van der Waals surface area contributed by atoms with Gasteiger partial charge in [0.1, 0.15) is 5.75 Å². The summed E-state index contributed by atoms with van der Waals surface area (Å²) in [6.07, 6.45) is 1.03. The molecule has 0 radical (unpaired) electrons. The van der Waals surface area contributed by atoms with Gasteiger partial charge in [0.2, 0.25) is 0 Å². The minimum atomic E-state index is -0.654.